The van der Waals surface area contributed by atoms with Gasteiger partial charge >= 0.3 is 5.97 Å². The molecule has 30 heavy (non-hydrogen) atoms. The lowest BCUT2D eigenvalue weighted by atomic mass is 10.1. The second-order valence-electron chi connectivity index (χ2n) is 6.69. The van der Waals surface area contributed by atoms with Gasteiger partial charge in [0.15, 0.2) is 6.61 Å². The fourth-order valence-electron chi connectivity index (χ4n) is 3.17. The molecule has 1 heterocycles. The highest BCUT2D eigenvalue weighted by Gasteiger charge is 2.36. The summed E-state index contributed by atoms with van der Waals surface area (Å²) in [7, 11) is 1.56. The molecule has 2 aromatic carbocycles. The number of ether oxygens (including phenoxy) is 3. The van der Waals surface area contributed by atoms with E-state index in [0.29, 0.717) is 29.5 Å². The van der Waals surface area contributed by atoms with Crippen molar-refractivity contribution >= 4 is 29.2 Å². The van der Waals surface area contributed by atoms with E-state index in [1.165, 1.54) is 4.90 Å². The van der Waals surface area contributed by atoms with Crippen LogP contribution in [0.4, 0.5) is 11.4 Å². The van der Waals surface area contributed by atoms with Crippen LogP contribution >= 0.6 is 0 Å². The number of nitrogens with zero attached hydrogens (tertiary/aromatic N) is 1. The molecule has 0 bridgehead atoms. The largest absolute Gasteiger partial charge is 0.497 e. The van der Waals surface area contributed by atoms with Crippen molar-refractivity contribution in [1.82, 2.24) is 0 Å². The van der Waals surface area contributed by atoms with Gasteiger partial charge in [-0.15, -0.1) is 0 Å². The van der Waals surface area contributed by atoms with Crippen LogP contribution in [0, 0.1) is 5.92 Å². The Morgan fingerprint density at radius 2 is 1.87 bits per heavy atom. The van der Waals surface area contributed by atoms with Crippen molar-refractivity contribution in [3.8, 4) is 11.5 Å². The topological polar surface area (TPSA) is 94.2 Å². The number of hydrogen-bond acceptors (Lipinski definition) is 6. The maximum atomic E-state index is 12.4. The highest BCUT2D eigenvalue weighted by molar-refractivity contribution is 6.00. The molecule has 0 unspecified atom stereocenters. The molecule has 158 valence electrons. The molecule has 0 saturated carbocycles. The van der Waals surface area contributed by atoms with E-state index < -0.39 is 24.4 Å². The first-order valence-electron chi connectivity index (χ1n) is 9.64. The predicted molar refractivity (Wildman–Crippen MR) is 111 cm³/mol. The van der Waals surface area contributed by atoms with Crippen molar-refractivity contribution in [2.24, 2.45) is 5.92 Å². The smallest absolute Gasteiger partial charge is 0.311 e. The van der Waals surface area contributed by atoms with Crippen molar-refractivity contribution in [2.75, 3.05) is 37.1 Å². The van der Waals surface area contributed by atoms with E-state index in [1.807, 2.05) is 6.92 Å². The van der Waals surface area contributed by atoms with E-state index in [9.17, 15) is 14.4 Å². The molecular weight excluding hydrogens is 388 g/mol. The standard InChI is InChI=1S/C22H24N2O6/c1-3-29-19-7-5-4-6-18(19)23-20(25)14-30-22(27)15-12-21(26)24(13-15)16-8-10-17(28-2)11-9-16/h4-11,15H,3,12-14H2,1-2H3,(H,23,25)/t15-/m0/s1. The van der Waals surface area contributed by atoms with Gasteiger partial charge in [0.1, 0.15) is 11.5 Å². The summed E-state index contributed by atoms with van der Waals surface area (Å²) in [4.78, 5) is 38.4. The lowest BCUT2D eigenvalue weighted by molar-refractivity contribution is -0.151. The van der Waals surface area contributed by atoms with Gasteiger partial charge in [0.05, 0.1) is 25.3 Å². The van der Waals surface area contributed by atoms with E-state index in [2.05, 4.69) is 5.32 Å². The number of carbonyl (C=O) groups is 3. The lowest BCUT2D eigenvalue weighted by Crippen LogP contribution is -2.28. The quantitative estimate of drug-likeness (QED) is 0.670. The number of benzene rings is 2. The van der Waals surface area contributed by atoms with Crippen LogP contribution in [0.3, 0.4) is 0 Å². The molecular formula is C22H24N2O6. The fraction of sp³-hybridized carbons (Fsp3) is 0.318. The Balaban J connectivity index is 1.52. The van der Waals surface area contributed by atoms with E-state index in [-0.39, 0.29) is 18.9 Å². The number of nitrogens with one attached hydrogen (secondary N) is 1. The molecule has 8 nitrogen and oxygen atoms in total. The van der Waals surface area contributed by atoms with Gasteiger partial charge in [0.2, 0.25) is 5.91 Å². The van der Waals surface area contributed by atoms with Gasteiger partial charge in [-0.25, -0.2) is 0 Å². The number of hydrogen-bond donors (Lipinski definition) is 1. The van der Waals surface area contributed by atoms with Crippen molar-refractivity contribution in [3.05, 3.63) is 48.5 Å². The number of esters is 1. The first kappa shape index (κ1) is 21.2. The summed E-state index contributed by atoms with van der Waals surface area (Å²) in [6.45, 7) is 2.08. The van der Waals surface area contributed by atoms with Crippen LogP contribution in [0.5, 0.6) is 11.5 Å². The third kappa shape index (κ3) is 5.08. The van der Waals surface area contributed by atoms with Crippen molar-refractivity contribution < 1.29 is 28.6 Å². The Hall–Kier alpha value is -3.55. The number of rotatable bonds is 8. The monoisotopic (exact) mass is 412 g/mol. The Morgan fingerprint density at radius 1 is 1.13 bits per heavy atom. The van der Waals surface area contributed by atoms with E-state index in [1.54, 1.807) is 55.6 Å². The van der Waals surface area contributed by atoms with Crippen LogP contribution in [0.2, 0.25) is 0 Å². The van der Waals surface area contributed by atoms with Crippen LogP contribution in [0.1, 0.15) is 13.3 Å². The van der Waals surface area contributed by atoms with Gasteiger partial charge in [-0.05, 0) is 43.3 Å². The molecule has 0 radical (unpaired) electrons. The number of carbonyl (C=O) groups excluding carboxylic acids is 3. The minimum Gasteiger partial charge on any atom is -0.497 e. The Morgan fingerprint density at radius 3 is 2.57 bits per heavy atom. The minimum atomic E-state index is -0.622. The normalized spacial score (nSPS) is 15.6. The highest BCUT2D eigenvalue weighted by Crippen LogP contribution is 2.27. The second kappa shape index (κ2) is 9.78. The molecule has 1 saturated heterocycles. The average Bonchev–Trinajstić information content (AvgIpc) is 3.15. The number of methoxy groups -OCH3 is 1. The van der Waals surface area contributed by atoms with Crippen molar-refractivity contribution in [1.29, 1.82) is 0 Å². The van der Waals surface area contributed by atoms with Crippen LogP contribution < -0.4 is 19.7 Å². The zero-order chi connectivity index (χ0) is 21.5. The molecule has 2 aromatic rings. The fourth-order valence-corrected chi connectivity index (χ4v) is 3.17. The molecule has 1 aliphatic rings. The van der Waals surface area contributed by atoms with Gasteiger partial charge in [-0.2, -0.15) is 0 Å². The average molecular weight is 412 g/mol. The minimum absolute atomic E-state index is 0.0413. The number of amides is 2. The van der Waals surface area contributed by atoms with Crippen molar-refractivity contribution in [3.63, 3.8) is 0 Å². The third-order valence-corrected chi connectivity index (χ3v) is 4.65. The predicted octanol–water partition coefficient (Wildman–Crippen LogP) is 2.63. The highest BCUT2D eigenvalue weighted by atomic mass is 16.5. The molecule has 1 aliphatic heterocycles. The van der Waals surface area contributed by atoms with E-state index >= 15 is 0 Å². The summed E-state index contributed by atoms with van der Waals surface area (Å²) in [6, 6.07) is 14.0. The van der Waals surface area contributed by atoms with Crippen LogP contribution in [0.15, 0.2) is 48.5 Å². The zero-order valence-electron chi connectivity index (χ0n) is 16.9. The van der Waals surface area contributed by atoms with Gasteiger partial charge in [-0.3, -0.25) is 14.4 Å². The molecule has 1 atom stereocenters. The summed E-state index contributed by atoms with van der Waals surface area (Å²) < 4.78 is 15.7. The number of para-hydroxylation sites is 2. The molecule has 0 spiro atoms. The van der Waals surface area contributed by atoms with Gasteiger partial charge in [-0.1, -0.05) is 12.1 Å². The third-order valence-electron chi connectivity index (χ3n) is 4.65. The SMILES string of the molecule is CCOc1ccccc1NC(=O)COC(=O)[C@H]1CC(=O)N(c2ccc(OC)cc2)C1. The summed E-state index contributed by atoms with van der Waals surface area (Å²) >= 11 is 0. The second-order valence-corrected chi connectivity index (χ2v) is 6.69. The van der Waals surface area contributed by atoms with Gasteiger partial charge in [0, 0.05) is 18.7 Å². The first-order chi connectivity index (χ1) is 14.5. The van der Waals surface area contributed by atoms with Gasteiger partial charge < -0.3 is 24.4 Å². The number of anilines is 2. The molecule has 1 fully saturated rings. The van der Waals surface area contributed by atoms with E-state index in [0.717, 1.165) is 0 Å². The lowest BCUT2D eigenvalue weighted by Gasteiger charge is -2.17. The molecule has 0 aromatic heterocycles. The molecule has 3 rings (SSSR count). The summed E-state index contributed by atoms with van der Waals surface area (Å²) in [5.41, 5.74) is 1.18. The summed E-state index contributed by atoms with van der Waals surface area (Å²) in [5.74, 6) is -0.630. The summed E-state index contributed by atoms with van der Waals surface area (Å²) in [6.07, 6.45) is 0.0413. The Bertz CT molecular complexity index is 912. The summed E-state index contributed by atoms with van der Waals surface area (Å²) in [5, 5.41) is 2.67. The zero-order valence-corrected chi connectivity index (χ0v) is 16.9. The van der Waals surface area contributed by atoms with Crippen molar-refractivity contribution in [2.45, 2.75) is 13.3 Å². The maximum absolute atomic E-state index is 12.4. The van der Waals surface area contributed by atoms with E-state index in [4.69, 9.17) is 14.2 Å². The van der Waals surface area contributed by atoms with Crippen LogP contribution in [0.25, 0.3) is 0 Å². The maximum Gasteiger partial charge on any atom is 0.311 e. The first-order valence-corrected chi connectivity index (χ1v) is 9.64. The van der Waals surface area contributed by atoms with Crippen LogP contribution in [-0.4, -0.2) is 44.7 Å². The molecule has 2 amide bonds. The molecule has 8 heteroatoms. The Kier molecular flexibility index (Phi) is 6.90. The molecule has 1 N–H and O–H groups in total. The Labute approximate surface area is 174 Å². The van der Waals surface area contributed by atoms with Gasteiger partial charge in [0.25, 0.3) is 5.91 Å². The van der Waals surface area contributed by atoms with Crippen LogP contribution in [-0.2, 0) is 19.1 Å². The molecule has 0 aliphatic carbocycles.